The third kappa shape index (κ3) is 8.47. The Morgan fingerprint density at radius 2 is 1.53 bits per heavy atom. The van der Waals surface area contributed by atoms with Crippen LogP contribution in [-0.2, 0) is 26.2 Å². The van der Waals surface area contributed by atoms with Gasteiger partial charge in [0.15, 0.2) is 11.5 Å². The average molecular weight is 671 g/mol. The van der Waals surface area contributed by atoms with Crippen LogP contribution in [0.3, 0.4) is 0 Å². The third-order valence-corrected chi connectivity index (χ3v) is 9.25. The van der Waals surface area contributed by atoms with Gasteiger partial charge in [-0.15, -0.1) is 0 Å². The van der Waals surface area contributed by atoms with E-state index in [-0.39, 0.29) is 46.3 Å². The molecule has 13 heteroatoms. The molecule has 0 heterocycles. The monoisotopic (exact) mass is 669 g/mol. The molecule has 232 valence electrons. The zero-order valence-corrected chi connectivity index (χ0v) is 27.5. The number of hydrogen-bond acceptors (Lipinski definition) is 6. The van der Waals surface area contributed by atoms with Gasteiger partial charge in [0.2, 0.25) is 11.8 Å². The molecule has 1 atom stereocenters. The number of benzene rings is 3. The standard InChI is InChI=1S/C30H34Cl3N3O6S/c1-6-26(30(38)34-19(2)3)35(17-20-7-13-24(32)25(33)15-20)29(37)18-36(22-10-8-21(31)9-11-22)43(39,40)23-12-14-27(41-4)28(16-23)42-5/h7-16,19,26H,6,17-18H2,1-5H3,(H,34,38)/t26-/m1/s1. The van der Waals surface area contributed by atoms with Crippen molar-refractivity contribution in [1.82, 2.24) is 10.2 Å². The van der Waals surface area contributed by atoms with Crippen LogP contribution < -0.4 is 19.1 Å². The Balaban J connectivity index is 2.11. The predicted molar refractivity (Wildman–Crippen MR) is 170 cm³/mol. The van der Waals surface area contributed by atoms with Crippen LogP contribution in [0.2, 0.25) is 15.1 Å². The van der Waals surface area contributed by atoms with E-state index in [0.29, 0.717) is 21.4 Å². The lowest BCUT2D eigenvalue weighted by molar-refractivity contribution is -0.140. The quantitative estimate of drug-likeness (QED) is 0.233. The van der Waals surface area contributed by atoms with Crippen molar-refractivity contribution < 1.29 is 27.5 Å². The van der Waals surface area contributed by atoms with Gasteiger partial charge in [0, 0.05) is 23.7 Å². The van der Waals surface area contributed by atoms with Crippen molar-refractivity contribution in [2.75, 3.05) is 25.1 Å². The molecular weight excluding hydrogens is 637 g/mol. The molecule has 0 saturated heterocycles. The van der Waals surface area contributed by atoms with Gasteiger partial charge in [-0.3, -0.25) is 13.9 Å². The minimum Gasteiger partial charge on any atom is -0.493 e. The van der Waals surface area contributed by atoms with E-state index < -0.39 is 28.5 Å². The summed E-state index contributed by atoms with van der Waals surface area (Å²) in [6.45, 7) is 4.76. The van der Waals surface area contributed by atoms with Crippen LogP contribution in [0.4, 0.5) is 5.69 Å². The fourth-order valence-corrected chi connectivity index (χ4v) is 6.25. The topological polar surface area (TPSA) is 105 Å². The zero-order valence-electron chi connectivity index (χ0n) is 24.4. The van der Waals surface area contributed by atoms with Gasteiger partial charge in [-0.25, -0.2) is 8.42 Å². The average Bonchev–Trinajstić information content (AvgIpc) is 2.97. The van der Waals surface area contributed by atoms with Crippen LogP contribution in [0.5, 0.6) is 11.5 Å². The zero-order chi connectivity index (χ0) is 31.9. The summed E-state index contributed by atoms with van der Waals surface area (Å²) in [6.07, 6.45) is 0.273. The molecule has 0 aliphatic rings. The van der Waals surface area contributed by atoms with E-state index in [2.05, 4.69) is 5.32 Å². The highest BCUT2D eigenvalue weighted by molar-refractivity contribution is 7.92. The van der Waals surface area contributed by atoms with Crippen molar-refractivity contribution in [3.05, 3.63) is 81.3 Å². The van der Waals surface area contributed by atoms with Gasteiger partial charge in [-0.1, -0.05) is 47.8 Å². The van der Waals surface area contributed by atoms with Crippen molar-refractivity contribution in [2.45, 2.75) is 50.7 Å². The van der Waals surface area contributed by atoms with E-state index >= 15 is 0 Å². The van der Waals surface area contributed by atoms with Gasteiger partial charge < -0.3 is 19.7 Å². The van der Waals surface area contributed by atoms with E-state index in [1.54, 1.807) is 25.1 Å². The molecule has 3 aromatic rings. The lowest BCUT2D eigenvalue weighted by atomic mass is 10.1. The molecule has 0 unspecified atom stereocenters. The summed E-state index contributed by atoms with van der Waals surface area (Å²) in [5.41, 5.74) is 0.807. The smallest absolute Gasteiger partial charge is 0.264 e. The number of anilines is 1. The van der Waals surface area contributed by atoms with Gasteiger partial charge >= 0.3 is 0 Å². The lowest BCUT2D eigenvalue weighted by Crippen LogP contribution is -2.53. The number of sulfonamides is 1. The maximum absolute atomic E-state index is 14.2. The number of nitrogens with zero attached hydrogens (tertiary/aromatic N) is 2. The molecular formula is C30H34Cl3N3O6S. The normalized spacial score (nSPS) is 12.0. The number of ether oxygens (including phenoxy) is 2. The first-order valence-corrected chi connectivity index (χ1v) is 15.9. The second-order valence-electron chi connectivity index (χ2n) is 9.86. The fraction of sp³-hybridized carbons (Fsp3) is 0.333. The Morgan fingerprint density at radius 3 is 2.09 bits per heavy atom. The van der Waals surface area contributed by atoms with Crippen LogP contribution in [0.15, 0.2) is 65.6 Å². The number of hydrogen-bond donors (Lipinski definition) is 1. The Bertz CT molecular complexity index is 1550. The Morgan fingerprint density at radius 1 is 0.884 bits per heavy atom. The Kier molecular flexibility index (Phi) is 12.0. The molecule has 0 aliphatic heterocycles. The minimum atomic E-state index is -4.34. The predicted octanol–water partition coefficient (Wildman–Crippen LogP) is 6.19. The number of methoxy groups -OCH3 is 2. The first-order valence-electron chi connectivity index (χ1n) is 13.4. The highest BCUT2D eigenvalue weighted by Crippen LogP contribution is 2.33. The summed E-state index contributed by atoms with van der Waals surface area (Å²) in [4.78, 5) is 28.6. The van der Waals surface area contributed by atoms with Crippen molar-refractivity contribution in [2.24, 2.45) is 0 Å². The highest BCUT2D eigenvalue weighted by Gasteiger charge is 2.34. The van der Waals surface area contributed by atoms with Crippen molar-refractivity contribution in [1.29, 1.82) is 0 Å². The number of amides is 2. The third-order valence-electron chi connectivity index (χ3n) is 6.49. The Labute approximate surface area is 267 Å². The minimum absolute atomic E-state index is 0.0232. The van der Waals surface area contributed by atoms with Crippen LogP contribution in [0, 0.1) is 0 Å². The maximum Gasteiger partial charge on any atom is 0.264 e. The van der Waals surface area contributed by atoms with Crippen LogP contribution >= 0.6 is 34.8 Å². The van der Waals surface area contributed by atoms with Gasteiger partial charge in [-0.05, 0) is 74.4 Å². The number of carbonyl (C=O) groups is 2. The molecule has 0 aliphatic carbocycles. The lowest BCUT2D eigenvalue weighted by Gasteiger charge is -2.33. The van der Waals surface area contributed by atoms with Gasteiger partial charge in [0.25, 0.3) is 10.0 Å². The molecule has 9 nitrogen and oxygen atoms in total. The van der Waals surface area contributed by atoms with Crippen molar-refractivity contribution in [3.63, 3.8) is 0 Å². The summed E-state index contributed by atoms with van der Waals surface area (Å²) >= 11 is 18.4. The second kappa shape index (κ2) is 15.0. The van der Waals surface area contributed by atoms with Gasteiger partial charge in [0.05, 0.1) is 34.8 Å². The molecule has 43 heavy (non-hydrogen) atoms. The van der Waals surface area contributed by atoms with E-state index in [0.717, 1.165) is 4.31 Å². The fourth-order valence-electron chi connectivity index (χ4n) is 4.38. The molecule has 0 bridgehead atoms. The maximum atomic E-state index is 14.2. The molecule has 2 amide bonds. The molecule has 0 fully saturated rings. The largest absolute Gasteiger partial charge is 0.493 e. The molecule has 3 aromatic carbocycles. The Hall–Kier alpha value is -3.18. The van der Waals surface area contributed by atoms with Crippen LogP contribution in [0.1, 0.15) is 32.8 Å². The number of nitrogens with one attached hydrogen (secondary N) is 1. The second-order valence-corrected chi connectivity index (χ2v) is 13.0. The SMILES string of the molecule is CC[C@H](C(=O)NC(C)C)N(Cc1ccc(Cl)c(Cl)c1)C(=O)CN(c1ccc(Cl)cc1)S(=O)(=O)c1ccc(OC)c(OC)c1. The van der Waals surface area contributed by atoms with Gasteiger partial charge in [0.1, 0.15) is 12.6 Å². The van der Waals surface area contributed by atoms with E-state index in [1.807, 2.05) is 13.8 Å². The molecule has 0 aromatic heterocycles. The molecule has 0 spiro atoms. The van der Waals surface area contributed by atoms with Crippen molar-refractivity contribution >= 4 is 62.3 Å². The summed E-state index contributed by atoms with van der Waals surface area (Å²) < 4.78 is 39.8. The summed E-state index contributed by atoms with van der Waals surface area (Å²) in [7, 11) is -1.51. The summed E-state index contributed by atoms with van der Waals surface area (Å²) in [5, 5.41) is 3.86. The first-order chi connectivity index (χ1) is 20.3. The van der Waals surface area contributed by atoms with E-state index in [4.69, 9.17) is 44.3 Å². The molecule has 0 saturated carbocycles. The molecule has 1 N–H and O–H groups in total. The van der Waals surface area contributed by atoms with Gasteiger partial charge in [-0.2, -0.15) is 0 Å². The summed E-state index contributed by atoms with van der Waals surface area (Å²) in [6, 6.07) is 14.0. The highest BCUT2D eigenvalue weighted by atomic mass is 35.5. The molecule has 0 radical (unpaired) electrons. The number of halogens is 3. The summed E-state index contributed by atoms with van der Waals surface area (Å²) in [5.74, 6) is -0.448. The van der Waals surface area contributed by atoms with Crippen molar-refractivity contribution in [3.8, 4) is 11.5 Å². The molecule has 3 rings (SSSR count). The first kappa shape index (κ1) is 34.3. The van der Waals surface area contributed by atoms with Crippen LogP contribution in [0.25, 0.3) is 0 Å². The number of carbonyl (C=O) groups excluding carboxylic acids is 2. The van der Waals surface area contributed by atoms with Crippen LogP contribution in [-0.4, -0.2) is 58.0 Å². The van der Waals surface area contributed by atoms with E-state index in [1.165, 1.54) is 61.6 Å². The van der Waals surface area contributed by atoms with E-state index in [9.17, 15) is 18.0 Å². The number of rotatable bonds is 13.